The van der Waals surface area contributed by atoms with Gasteiger partial charge in [0.15, 0.2) is 6.10 Å². The van der Waals surface area contributed by atoms with Crippen LogP contribution in [-0.2, 0) is 9.53 Å². The lowest BCUT2D eigenvalue weighted by Crippen LogP contribution is -2.12. The predicted octanol–water partition coefficient (Wildman–Crippen LogP) is 7.05. The van der Waals surface area contributed by atoms with Gasteiger partial charge in [0.1, 0.15) is 0 Å². The molecule has 0 saturated carbocycles. The van der Waals surface area contributed by atoms with Gasteiger partial charge in [-0.1, -0.05) is 91.9 Å². The van der Waals surface area contributed by atoms with Crippen LogP contribution >= 0.6 is 0 Å². The van der Waals surface area contributed by atoms with Crippen LogP contribution in [0.1, 0.15) is 30.6 Å². The number of carbonyl (C=O) groups is 1. The molecule has 1 aromatic heterocycles. The number of fused-ring (bicyclic) bond motifs is 2. The number of nitrogens with one attached hydrogen (secondary N) is 1. The summed E-state index contributed by atoms with van der Waals surface area (Å²) in [5.74, 6) is -0.198. The Labute approximate surface area is 182 Å². The van der Waals surface area contributed by atoms with Crippen LogP contribution in [0.2, 0.25) is 0 Å². The highest BCUT2D eigenvalue weighted by Crippen LogP contribution is 2.35. The molecule has 1 N–H and O–H groups in total. The molecule has 154 valence electrons. The zero-order chi connectivity index (χ0) is 21.5. The summed E-state index contributed by atoms with van der Waals surface area (Å²) in [5.41, 5.74) is 2.03. The molecule has 0 aliphatic carbocycles. The second-order valence-corrected chi connectivity index (χ2v) is 7.25. The molecule has 31 heavy (non-hydrogen) atoms. The van der Waals surface area contributed by atoms with Crippen molar-refractivity contribution in [3.05, 3.63) is 121 Å². The van der Waals surface area contributed by atoms with Crippen molar-refractivity contribution in [3.63, 3.8) is 0 Å². The van der Waals surface area contributed by atoms with Gasteiger partial charge in [-0.05, 0) is 33.7 Å². The smallest absolute Gasteiger partial charge is 0.306 e. The average molecular weight is 408 g/mol. The fourth-order valence-electron chi connectivity index (χ4n) is 3.75. The number of hydrogen-bond acceptors (Lipinski definition) is 2. The average Bonchev–Trinajstić information content (AvgIpc) is 3.42. The molecule has 0 saturated heterocycles. The summed E-state index contributed by atoms with van der Waals surface area (Å²) in [7, 11) is 0. The van der Waals surface area contributed by atoms with Gasteiger partial charge >= 0.3 is 5.97 Å². The van der Waals surface area contributed by atoms with Crippen LogP contribution in [0.15, 0.2) is 109 Å². The molecule has 0 atom stereocenters. The number of aromatic amines is 1. The van der Waals surface area contributed by atoms with Crippen LogP contribution in [0.3, 0.4) is 0 Å². The van der Waals surface area contributed by atoms with Gasteiger partial charge in [0.05, 0.1) is 0 Å². The Balaban J connectivity index is 0.000000407. The topological polar surface area (TPSA) is 42.1 Å². The number of carbonyl (C=O) groups excluding carboxylic acids is 1. The number of aromatic nitrogens is 1. The molecule has 5 rings (SSSR count). The normalized spacial score (nSPS) is 10.6. The van der Waals surface area contributed by atoms with Gasteiger partial charge in [0.25, 0.3) is 0 Å². The van der Waals surface area contributed by atoms with E-state index in [0.717, 1.165) is 32.7 Å². The summed E-state index contributed by atoms with van der Waals surface area (Å²) in [6, 6.07) is 32.6. The Morgan fingerprint density at radius 3 is 1.65 bits per heavy atom. The van der Waals surface area contributed by atoms with E-state index in [4.69, 9.17) is 4.74 Å². The summed E-state index contributed by atoms with van der Waals surface area (Å²) in [6.07, 6.45) is 3.67. The predicted molar refractivity (Wildman–Crippen MR) is 127 cm³/mol. The summed E-state index contributed by atoms with van der Waals surface area (Å²) in [5, 5.41) is 4.50. The van der Waals surface area contributed by atoms with Crippen LogP contribution in [0.4, 0.5) is 0 Å². The number of benzene rings is 4. The second-order valence-electron chi connectivity index (χ2n) is 7.25. The summed E-state index contributed by atoms with van der Waals surface area (Å²) < 4.78 is 5.95. The minimum Gasteiger partial charge on any atom is -0.452 e. The van der Waals surface area contributed by atoms with E-state index in [9.17, 15) is 4.79 Å². The second kappa shape index (κ2) is 9.77. The minimum atomic E-state index is -0.431. The standard InChI is InChI=1S/C24H20O2.C4H5N/c1-2-23(25)26-24(21-15-7-11-17-9-3-5-13-19(17)21)22-16-8-12-18-10-4-6-14-20(18)22;1-2-4-5-3-1/h3-16,24H,2H2,1H3;1-5H. The third-order valence-corrected chi connectivity index (χ3v) is 5.25. The highest BCUT2D eigenvalue weighted by atomic mass is 16.5. The summed E-state index contributed by atoms with van der Waals surface area (Å²) in [6.45, 7) is 1.82. The maximum atomic E-state index is 12.2. The first-order valence-electron chi connectivity index (χ1n) is 10.5. The van der Waals surface area contributed by atoms with E-state index in [-0.39, 0.29) is 5.97 Å². The van der Waals surface area contributed by atoms with Crippen molar-refractivity contribution >= 4 is 27.5 Å². The Hall–Kier alpha value is -3.85. The van der Waals surface area contributed by atoms with Gasteiger partial charge in [0, 0.05) is 29.9 Å². The van der Waals surface area contributed by atoms with Crippen LogP contribution < -0.4 is 0 Å². The van der Waals surface area contributed by atoms with Crippen molar-refractivity contribution in [3.8, 4) is 0 Å². The van der Waals surface area contributed by atoms with Crippen molar-refractivity contribution in [2.75, 3.05) is 0 Å². The summed E-state index contributed by atoms with van der Waals surface area (Å²) in [4.78, 5) is 15.1. The van der Waals surface area contributed by atoms with Crippen molar-refractivity contribution in [2.24, 2.45) is 0 Å². The molecular weight excluding hydrogens is 382 g/mol. The third kappa shape index (κ3) is 4.67. The molecule has 0 aliphatic rings. The minimum absolute atomic E-state index is 0.198. The molecule has 0 bridgehead atoms. The van der Waals surface area contributed by atoms with E-state index in [2.05, 4.69) is 53.5 Å². The van der Waals surface area contributed by atoms with E-state index >= 15 is 0 Å². The molecule has 4 aromatic carbocycles. The van der Waals surface area contributed by atoms with Gasteiger partial charge in [-0.15, -0.1) is 0 Å². The monoisotopic (exact) mass is 407 g/mol. The van der Waals surface area contributed by atoms with Gasteiger partial charge in [0.2, 0.25) is 0 Å². The Morgan fingerprint density at radius 2 is 1.19 bits per heavy atom. The molecule has 5 aromatic rings. The van der Waals surface area contributed by atoms with E-state index in [1.54, 1.807) is 0 Å². The number of esters is 1. The van der Waals surface area contributed by atoms with Crippen LogP contribution in [-0.4, -0.2) is 11.0 Å². The fourth-order valence-corrected chi connectivity index (χ4v) is 3.75. The zero-order valence-corrected chi connectivity index (χ0v) is 17.5. The molecule has 1 heterocycles. The number of ether oxygens (including phenoxy) is 1. The quantitative estimate of drug-likeness (QED) is 0.324. The van der Waals surface area contributed by atoms with Crippen molar-refractivity contribution in [1.82, 2.24) is 4.98 Å². The first-order chi connectivity index (χ1) is 15.3. The molecular formula is C28H25NO2. The van der Waals surface area contributed by atoms with Gasteiger partial charge in [-0.25, -0.2) is 0 Å². The molecule has 0 fully saturated rings. The lowest BCUT2D eigenvalue weighted by atomic mass is 9.92. The Morgan fingerprint density at radius 1 is 0.710 bits per heavy atom. The maximum absolute atomic E-state index is 12.2. The lowest BCUT2D eigenvalue weighted by molar-refractivity contribution is -0.147. The van der Waals surface area contributed by atoms with Crippen LogP contribution in [0.5, 0.6) is 0 Å². The third-order valence-electron chi connectivity index (χ3n) is 5.25. The molecule has 0 aliphatic heterocycles. The molecule has 0 radical (unpaired) electrons. The first-order valence-corrected chi connectivity index (χ1v) is 10.5. The first kappa shape index (κ1) is 20.4. The fraction of sp³-hybridized carbons (Fsp3) is 0.107. The van der Waals surface area contributed by atoms with Crippen molar-refractivity contribution in [2.45, 2.75) is 19.4 Å². The molecule has 0 unspecified atom stereocenters. The van der Waals surface area contributed by atoms with E-state index < -0.39 is 6.10 Å². The highest BCUT2D eigenvalue weighted by molar-refractivity contribution is 5.90. The number of H-pyrrole nitrogens is 1. The SMILES string of the molecule is CCC(=O)OC(c1cccc2ccccc12)c1cccc2ccccc12.c1cc[nH]c1. The molecule has 3 heteroatoms. The van der Waals surface area contributed by atoms with Gasteiger partial charge in [-0.3, -0.25) is 4.79 Å². The van der Waals surface area contributed by atoms with E-state index in [1.165, 1.54) is 0 Å². The van der Waals surface area contributed by atoms with E-state index in [1.807, 2.05) is 67.8 Å². The largest absolute Gasteiger partial charge is 0.452 e. The lowest BCUT2D eigenvalue weighted by Gasteiger charge is -2.22. The van der Waals surface area contributed by atoms with Crippen molar-refractivity contribution < 1.29 is 9.53 Å². The molecule has 0 spiro atoms. The van der Waals surface area contributed by atoms with Gasteiger partial charge in [-0.2, -0.15) is 0 Å². The number of hydrogen-bond donors (Lipinski definition) is 1. The Bertz CT molecular complexity index is 1170. The van der Waals surface area contributed by atoms with Crippen molar-refractivity contribution in [1.29, 1.82) is 0 Å². The zero-order valence-electron chi connectivity index (χ0n) is 17.5. The number of rotatable bonds is 4. The van der Waals surface area contributed by atoms with Crippen LogP contribution in [0, 0.1) is 0 Å². The molecule has 3 nitrogen and oxygen atoms in total. The molecule has 0 amide bonds. The highest BCUT2D eigenvalue weighted by Gasteiger charge is 2.22. The van der Waals surface area contributed by atoms with E-state index in [0.29, 0.717) is 6.42 Å². The van der Waals surface area contributed by atoms with Crippen LogP contribution in [0.25, 0.3) is 21.5 Å². The Kier molecular flexibility index (Phi) is 6.44. The summed E-state index contributed by atoms with van der Waals surface area (Å²) >= 11 is 0. The maximum Gasteiger partial charge on any atom is 0.306 e. The van der Waals surface area contributed by atoms with Gasteiger partial charge < -0.3 is 9.72 Å².